The third kappa shape index (κ3) is 5.24. The molecule has 0 spiro atoms. The zero-order valence-corrected chi connectivity index (χ0v) is 14.7. The number of amides is 1. The molecule has 0 saturated carbocycles. The van der Waals surface area contributed by atoms with Gasteiger partial charge in [0, 0.05) is 22.3 Å². The fourth-order valence-corrected chi connectivity index (χ4v) is 2.40. The summed E-state index contributed by atoms with van der Waals surface area (Å²) in [5.41, 5.74) is 1.07. The van der Waals surface area contributed by atoms with Crippen molar-refractivity contribution in [2.24, 2.45) is 0 Å². The Morgan fingerprint density at radius 1 is 1.00 bits per heavy atom. The lowest BCUT2D eigenvalue weighted by Crippen LogP contribution is -2.20. The van der Waals surface area contributed by atoms with Gasteiger partial charge in [-0.15, -0.1) is 0 Å². The predicted molar refractivity (Wildman–Crippen MR) is 98.4 cm³/mol. The molecule has 0 aliphatic heterocycles. The van der Waals surface area contributed by atoms with E-state index < -0.39 is 0 Å². The molecule has 0 saturated heterocycles. The lowest BCUT2D eigenvalue weighted by atomic mass is 10.2. The molecule has 2 aromatic carbocycles. The average Bonchev–Trinajstić information content (AvgIpc) is 3.03. The van der Waals surface area contributed by atoms with Crippen LogP contribution in [0.15, 0.2) is 60.8 Å². The van der Waals surface area contributed by atoms with Crippen LogP contribution in [0.3, 0.4) is 0 Å². The summed E-state index contributed by atoms with van der Waals surface area (Å²) in [6, 6.07) is 16.1. The summed E-state index contributed by atoms with van der Waals surface area (Å²) in [6.07, 6.45) is 1.80. The van der Waals surface area contributed by atoms with Crippen molar-refractivity contribution in [3.63, 3.8) is 0 Å². The zero-order valence-electron chi connectivity index (χ0n) is 13.2. The molecule has 0 aliphatic rings. The van der Waals surface area contributed by atoms with Crippen LogP contribution < -0.4 is 10.1 Å². The van der Waals surface area contributed by atoms with Crippen molar-refractivity contribution in [3.8, 4) is 5.75 Å². The van der Waals surface area contributed by atoms with E-state index in [4.69, 9.17) is 27.9 Å². The Hall–Kier alpha value is -2.50. The molecule has 0 bridgehead atoms. The van der Waals surface area contributed by atoms with Crippen LogP contribution in [0.4, 0.5) is 5.82 Å². The summed E-state index contributed by atoms with van der Waals surface area (Å²) in [6.45, 7) is 0.486. The molecule has 1 aromatic heterocycles. The summed E-state index contributed by atoms with van der Waals surface area (Å²) >= 11 is 11.7. The largest absolute Gasteiger partial charge is 0.484 e. The van der Waals surface area contributed by atoms with E-state index in [1.165, 1.54) is 0 Å². The first-order valence-electron chi connectivity index (χ1n) is 7.54. The smallest absolute Gasteiger partial charge is 0.263 e. The first-order chi connectivity index (χ1) is 12.1. The van der Waals surface area contributed by atoms with Gasteiger partial charge >= 0.3 is 0 Å². The minimum Gasteiger partial charge on any atom is -0.484 e. The highest BCUT2D eigenvalue weighted by Crippen LogP contribution is 2.15. The number of nitrogens with one attached hydrogen (secondary N) is 1. The average molecular weight is 376 g/mol. The van der Waals surface area contributed by atoms with Crippen molar-refractivity contribution in [2.75, 3.05) is 11.9 Å². The number of carbonyl (C=O) groups excluding carboxylic acids is 1. The number of anilines is 1. The van der Waals surface area contributed by atoms with E-state index in [1.54, 1.807) is 41.2 Å². The lowest BCUT2D eigenvalue weighted by molar-refractivity contribution is -0.118. The van der Waals surface area contributed by atoms with Crippen LogP contribution in [0.5, 0.6) is 5.75 Å². The van der Waals surface area contributed by atoms with Crippen LogP contribution in [-0.2, 0) is 11.3 Å². The molecule has 5 nitrogen and oxygen atoms in total. The van der Waals surface area contributed by atoms with Gasteiger partial charge in [-0.1, -0.05) is 35.3 Å². The highest BCUT2D eigenvalue weighted by molar-refractivity contribution is 6.30. The summed E-state index contributed by atoms with van der Waals surface area (Å²) in [5.74, 6) is 0.762. The highest BCUT2D eigenvalue weighted by Gasteiger charge is 2.07. The standard InChI is InChI=1S/C18H15Cl2N3O2/c19-14-3-1-13(2-4-14)11-23-10-9-17(22-23)21-18(24)12-25-16-7-5-15(20)6-8-16/h1-10H,11-12H2,(H,21,22,24). The highest BCUT2D eigenvalue weighted by atomic mass is 35.5. The van der Waals surface area contributed by atoms with Gasteiger partial charge in [0.05, 0.1) is 6.54 Å². The summed E-state index contributed by atoms with van der Waals surface area (Å²) < 4.78 is 7.13. The van der Waals surface area contributed by atoms with E-state index in [-0.39, 0.29) is 12.5 Å². The molecule has 128 valence electrons. The quantitative estimate of drug-likeness (QED) is 0.700. The van der Waals surface area contributed by atoms with Crippen molar-refractivity contribution in [2.45, 2.75) is 6.54 Å². The van der Waals surface area contributed by atoms with Crippen molar-refractivity contribution >= 4 is 34.9 Å². The minimum absolute atomic E-state index is 0.105. The molecule has 0 unspecified atom stereocenters. The van der Waals surface area contributed by atoms with Gasteiger partial charge in [-0.25, -0.2) is 0 Å². The third-order valence-electron chi connectivity index (χ3n) is 3.35. The Morgan fingerprint density at radius 3 is 2.32 bits per heavy atom. The number of ether oxygens (including phenoxy) is 1. The van der Waals surface area contributed by atoms with Crippen molar-refractivity contribution in [1.29, 1.82) is 0 Å². The molecule has 25 heavy (non-hydrogen) atoms. The Balaban J connectivity index is 1.51. The van der Waals surface area contributed by atoms with Crippen molar-refractivity contribution in [1.82, 2.24) is 9.78 Å². The maximum Gasteiger partial charge on any atom is 0.263 e. The summed E-state index contributed by atoms with van der Waals surface area (Å²) in [7, 11) is 0. The number of hydrogen-bond acceptors (Lipinski definition) is 3. The van der Waals surface area contributed by atoms with Gasteiger partial charge in [-0.3, -0.25) is 9.48 Å². The number of carbonyl (C=O) groups is 1. The number of aromatic nitrogens is 2. The zero-order chi connectivity index (χ0) is 17.6. The second-order valence-corrected chi connectivity index (χ2v) is 6.19. The molecule has 1 N–H and O–H groups in total. The van der Waals surface area contributed by atoms with Gasteiger partial charge in [0.2, 0.25) is 0 Å². The number of halogens is 2. The van der Waals surface area contributed by atoms with Crippen LogP contribution in [0.1, 0.15) is 5.56 Å². The molecular formula is C18H15Cl2N3O2. The maximum atomic E-state index is 11.9. The maximum absolute atomic E-state index is 11.9. The molecule has 0 atom stereocenters. The van der Waals surface area contributed by atoms with Crippen molar-refractivity contribution < 1.29 is 9.53 Å². The molecule has 7 heteroatoms. The van der Waals surface area contributed by atoms with Gasteiger partial charge in [-0.2, -0.15) is 5.10 Å². The second kappa shape index (κ2) is 8.05. The van der Waals surface area contributed by atoms with E-state index in [0.29, 0.717) is 28.2 Å². The van der Waals surface area contributed by atoms with E-state index in [2.05, 4.69) is 10.4 Å². The molecular weight excluding hydrogens is 361 g/mol. The van der Waals surface area contributed by atoms with Crippen LogP contribution in [0, 0.1) is 0 Å². The van der Waals surface area contributed by atoms with Crippen LogP contribution in [-0.4, -0.2) is 22.3 Å². The Bertz CT molecular complexity index is 846. The first-order valence-corrected chi connectivity index (χ1v) is 8.30. The van der Waals surface area contributed by atoms with Crippen molar-refractivity contribution in [3.05, 3.63) is 76.4 Å². The van der Waals surface area contributed by atoms with Gasteiger partial charge < -0.3 is 10.1 Å². The molecule has 0 fully saturated rings. The number of nitrogens with zero attached hydrogens (tertiary/aromatic N) is 2. The first kappa shape index (κ1) is 17.3. The van der Waals surface area contributed by atoms with E-state index >= 15 is 0 Å². The Labute approximate surface area is 155 Å². The molecule has 3 rings (SSSR count). The topological polar surface area (TPSA) is 56.1 Å². The predicted octanol–water partition coefficient (Wildman–Crippen LogP) is 4.26. The van der Waals surface area contributed by atoms with Gasteiger partial charge in [0.15, 0.2) is 12.4 Å². The van der Waals surface area contributed by atoms with E-state index in [0.717, 1.165) is 5.56 Å². The number of rotatable bonds is 6. The second-order valence-electron chi connectivity index (χ2n) is 5.32. The SMILES string of the molecule is O=C(COc1ccc(Cl)cc1)Nc1ccn(Cc2ccc(Cl)cc2)n1. The number of hydrogen-bond donors (Lipinski definition) is 1. The summed E-state index contributed by atoms with van der Waals surface area (Å²) in [5, 5.41) is 8.32. The van der Waals surface area contributed by atoms with Crippen LogP contribution in [0.2, 0.25) is 10.0 Å². The van der Waals surface area contributed by atoms with Crippen LogP contribution >= 0.6 is 23.2 Å². The Morgan fingerprint density at radius 2 is 1.64 bits per heavy atom. The van der Waals surface area contributed by atoms with Gasteiger partial charge in [-0.05, 0) is 42.0 Å². The van der Waals surface area contributed by atoms with Gasteiger partial charge in [0.1, 0.15) is 5.75 Å². The molecule has 1 heterocycles. The lowest BCUT2D eigenvalue weighted by Gasteiger charge is -2.06. The molecule has 0 aliphatic carbocycles. The minimum atomic E-state index is -0.285. The molecule has 1 amide bonds. The number of benzene rings is 2. The fourth-order valence-electron chi connectivity index (χ4n) is 2.15. The van der Waals surface area contributed by atoms with E-state index in [9.17, 15) is 4.79 Å². The Kier molecular flexibility index (Phi) is 5.58. The fraction of sp³-hybridized carbons (Fsp3) is 0.111. The summed E-state index contributed by atoms with van der Waals surface area (Å²) in [4.78, 5) is 11.9. The third-order valence-corrected chi connectivity index (χ3v) is 3.85. The van der Waals surface area contributed by atoms with E-state index in [1.807, 2.05) is 24.3 Å². The van der Waals surface area contributed by atoms with Crippen LogP contribution in [0.25, 0.3) is 0 Å². The monoisotopic (exact) mass is 375 g/mol. The molecule has 3 aromatic rings. The van der Waals surface area contributed by atoms with Gasteiger partial charge in [0.25, 0.3) is 5.91 Å². The molecule has 0 radical (unpaired) electrons. The normalized spacial score (nSPS) is 10.5.